The normalized spacial score (nSPS) is 12.0. The fourth-order valence-electron chi connectivity index (χ4n) is 9.04. The Morgan fingerprint density at radius 1 is 0.327 bits per heavy atom. The van der Waals surface area contributed by atoms with Gasteiger partial charge in [-0.15, -0.1) is 11.3 Å². The van der Waals surface area contributed by atoms with E-state index in [1.165, 1.54) is 102 Å². The molecule has 0 amide bonds. The number of hydrogen-bond acceptors (Lipinski definition) is 1. The largest absolute Gasteiger partial charge is 0.309 e. The first-order chi connectivity index (χ1) is 27.3. The van der Waals surface area contributed by atoms with Gasteiger partial charge in [0.15, 0.2) is 0 Å². The Morgan fingerprint density at radius 2 is 0.945 bits per heavy atom. The van der Waals surface area contributed by atoms with Gasteiger partial charge in [0.2, 0.25) is 0 Å². The Bertz CT molecular complexity index is 3490. The van der Waals surface area contributed by atoms with Crippen molar-refractivity contribution in [2.24, 2.45) is 0 Å². The summed E-state index contributed by atoms with van der Waals surface area (Å²) >= 11 is 1.87. The van der Waals surface area contributed by atoms with Crippen LogP contribution in [0.25, 0.3) is 108 Å². The van der Waals surface area contributed by atoms with Gasteiger partial charge in [0.05, 0.1) is 27.8 Å². The summed E-state index contributed by atoms with van der Waals surface area (Å²) < 4.78 is 7.57. The van der Waals surface area contributed by atoms with Gasteiger partial charge >= 0.3 is 0 Å². The fourth-order valence-corrected chi connectivity index (χ4v) is 10.2. The molecule has 9 aromatic carbocycles. The lowest BCUT2D eigenvalue weighted by atomic mass is 10.00. The number of fused-ring (bicyclic) bond motifs is 11. The maximum atomic E-state index is 2.53. The van der Waals surface area contributed by atoms with Crippen LogP contribution in [0.4, 0.5) is 0 Å². The van der Waals surface area contributed by atoms with Crippen LogP contribution >= 0.6 is 11.3 Å². The van der Waals surface area contributed by atoms with Gasteiger partial charge in [0.1, 0.15) is 0 Å². The standard InChI is InChI=1S/C52H32N2S/c1-2-12-33(13-3-1)35-15-10-16-38(30-35)53-45-20-8-6-18-40(45)43-31-36(25-28-46(43)53)37-26-29-47-44(32-37)41-27-24-34-14-4-5-17-39(34)52(41)54(47)48-21-11-23-50-51(48)42-19-7-9-22-49(42)55-50/h1-32H. The highest BCUT2D eigenvalue weighted by molar-refractivity contribution is 7.25. The Hall–Kier alpha value is -6.94. The van der Waals surface area contributed by atoms with E-state index in [1.54, 1.807) is 0 Å². The molecule has 12 aromatic rings. The van der Waals surface area contributed by atoms with Crippen LogP contribution in [-0.4, -0.2) is 9.13 Å². The molecule has 3 heterocycles. The number of para-hydroxylation sites is 1. The predicted octanol–water partition coefficient (Wildman–Crippen LogP) is 14.7. The second kappa shape index (κ2) is 11.8. The van der Waals surface area contributed by atoms with Crippen LogP contribution < -0.4 is 0 Å². The maximum Gasteiger partial charge on any atom is 0.0619 e. The van der Waals surface area contributed by atoms with Gasteiger partial charge in [-0.3, -0.25) is 0 Å². The molecule has 0 aliphatic carbocycles. The minimum atomic E-state index is 1.16. The number of rotatable bonds is 4. The number of nitrogens with zero attached hydrogens (tertiary/aromatic N) is 2. The number of benzene rings is 9. The minimum Gasteiger partial charge on any atom is -0.309 e. The van der Waals surface area contributed by atoms with Gasteiger partial charge in [-0.25, -0.2) is 0 Å². The number of aromatic nitrogens is 2. The molecule has 0 unspecified atom stereocenters. The molecule has 0 atom stereocenters. The summed E-state index contributed by atoms with van der Waals surface area (Å²) in [4.78, 5) is 0. The summed E-state index contributed by atoms with van der Waals surface area (Å²) in [5, 5.41) is 10.2. The van der Waals surface area contributed by atoms with Crippen molar-refractivity contribution in [2.75, 3.05) is 0 Å². The SMILES string of the molecule is c1ccc(-c2cccc(-n3c4ccccc4c4cc(-c5ccc6c(c5)c5ccc7ccccc7c5n6-c5cccc6sc7ccccc7c56)ccc43)c2)cc1. The molecule has 0 fully saturated rings. The van der Waals surface area contributed by atoms with Crippen LogP contribution in [-0.2, 0) is 0 Å². The Morgan fingerprint density at radius 3 is 1.80 bits per heavy atom. The topological polar surface area (TPSA) is 9.86 Å². The van der Waals surface area contributed by atoms with Crippen molar-refractivity contribution < 1.29 is 0 Å². The average Bonchev–Trinajstić information content (AvgIpc) is 3.91. The highest BCUT2D eigenvalue weighted by Gasteiger charge is 2.20. The van der Waals surface area contributed by atoms with Crippen LogP contribution in [0.3, 0.4) is 0 Å². The van der Waals surface area contributed by atoms with E-state index in [-0.39, 0.29) is 0 Å². The van der Waals surface area contributed by atoms with Crippen molar-refractivity contribution in [1.82, 2.24) is 9.13 Å². The van der Waals surface area contributed by atoms with Gasteiger partial charge in [0, 0.05) is 52.8 Å². The third-order valence-corrected chi connectivity index (χ3v) is 12.6. The highest BCUT2D eigenvalue weighted by atomic mass is 32.1. The summed E-state index contributed by atoms with van der Waals surface area (Å²) in [6.45, 7) is 0. The van der Waals surface area contributed by atoms with E-state index in [4.69, 9.17) is 0 Å². The third-order valence-electron chi connectivity index (χ3n) is 11.5. The Labute approximate surface area is 321 Å². The number of hydrogen-bond donors (Lipinski definition) is 0. The zero-order valence-electron chi connectivity index (χ0n) is 29.8. The number of thiophene rings is 1. The summed E-state index contributed by atoms with van der Waals surface area (Å²) in [7, 11) is 0. The molecule has 0 radical (unpaired) electrons. The van der Waals surface area contributed by atoms with Crippen molar-refractivity contribution in [2.45, 2.75) is 0 Å². The van der Waals surface area contributed by atoms with E-state index < -0.39 is 0 Å². The molecule has 0 aliphatic rings. The van der Waals surface area contributed by atoms with Crippen LogP contribution in [0.15, 0.2) is 194 Å². The molecule has 0 saturated heterocycles. The minimum absolute atomic E-state index is 1.16. The summed E-state index contributed by atoms with van der Waals surface area (Å²) in [5.74, 6) is 0. The van der Waals surface area contributed by atoms with Crippen molar-refractivity contribution in [3.63, 3.8) is 0 Å². The van der Waals surface area contributed by atoms with Gasteiger partial charge in [0.25, 0.3) is 0 Å². The average molecular weight is 717 g/mol. The monoisotopic (exact) mass is 716 g/mol. The van der Waals surface area contributed by atoms with Crippen LogP contribution in [0.1, 0.15) is 0 Å². The molecule has 3 heteroatoms. The molecule has 0 N–H and O–H groups in total. The van der Waals surface area contributed by atoms with E-state index in [0.717, 1.165) is 5.69 Å². The summed E-state index contributed by atoms with van der Waals surface area (Å²) in [6.07, 6.45) is 0. The molecule has 0 aliphatic heterocycles. The Balaban J connectivity index is 1.08. The Kier molecular flexibility index (Phi) is 6.54. The molecule has 55 heavy (non-hydrogen) atoms. The molecule has 256 valence electrons. The van der Waals surface area contributed by atoms with Crippen molar-refractivity contribution in [1.29, 1.82) is 0 Å². The summed E-state index contributed by atoms with van der Waals surface area (Å²) in [6, 6.07) is 71.4. The van der Waals surface area contributed by atoms with E-state index in [1.807, 2.05) is 11.3 Å². The first-order valence-electron chi connectivity index (χ1n) is 18.8. The first-order valence-corrected chi connectivity index (χ1v) is 19.7. The zero-order valence-corrected chi connectivity index (χ0v) is 30.6. The fraction of sp³-hybridized carbons (Fsp3) is 0. The van der Waals surface area contributed by atoms with E-state index in [2.05, 4.69) is 203 Å². The second-order valence-corrected chi connectivity index (χ2v) is 15.6. The van der Waals surface area contributed by atoms with Gasteiger partial charge in [-0.05, 0) is 88.3 Å². The van der Waals surface area contributed by atoms with Gasteiger partial charge < -0.3 is 9.13 Å². The lowest BCUT2D eigenvalue weighted by Crippen LogP contribution is -1.95. The summed E-state index contributed by atoms with van der Waals surface area (Å²) in [5.41, 5.74) is 12.1. The van der Waals surface area contributed by atoms with E-state index in [0.29, 0.717) is 0 Å². The van der Waals surface area contributed by atoms with Crippen molar-refractivity contribution in [3.05, 3.63) is 194 Å². The smallest absolute Gasteiger partial charge is 0.0619 e. The molecule has 0 spiro atoms. The van der Waals surface area contributed by atoms with Crippen LogP contribution in [0.2, 0.25) is 0 Å². The lowest BCUT2D eigenvalue weighted by Gasteiger charge is -2.12. The van der Waals surface area contributed by atoms with E-state index in [9.17, 15) is 0 Å². The second-order valence-electron chi connectivity index (χ2n) is 14.5. The van der Waals surface area contributed by atoms with Gasteiger partial charge in [-0.1, -0.05) is 133 Å². The third kappa shape index (κ3) is 4.54. The van der Waals surface area contributed by atoms with E-state index >= 15 is 0 Å². The zero-order chi connectivity index (χ0) is 36.0. The molecule has 0 saturated carbocycles. The van der Waals surface area contributed by atoms with Crippen molar-refractivity contribution >= 4 is 85.9 Å². The molecule has 2 nitrogen and oxygen atoms in total. The van der Waals surface area contributed by atoms with Crippen LogP contribution in [0, 0.1) is 0 Å². The van der Waals surface area contributed by atoms with Crippen molar-refractivity contribution in [3.8, 4) is 33.6 Å². The van der Waals surface area contributed by atoms with Crippen LogP contribution in [0.5, 0.6) is 0 Å². The highest BCUT2D eigenvalue weighted by Crippen LogP contribution is 2.44. The molecule has 12 rings (SSSR count). The van der Waals surface area contributed by atoms with Gasteiger partial charge in [-0.2, -0.15) is 0 Å². The molecular weight excluding hydrogens is 685 g/mol. The first kappa shape index (κ1) is 30.5. The molecular formula is C52H32N2S. The molecule has 3 aromatic heterocycles. The maximum absolute atomic E-state index is 2.53. The predicted molar refractivity (Wildman–Crippen MR) is 236 cm³/mol. The quantitative estimate of drug-likeness (QED) is 0.172. The molecule has 0 bridgehead atoms. The lowest BCUT2D eigenvalue weighted by molar-refractivity contribution is 1.18.